The molecule has 0 bridgehead atoms. The summed E-state index contributed by atoms with van der Waals surface area (Å²) in [5.41, 5.74) is 4.00. The number of unbranched alkanes of at least 4 members (excludes halogenated alkanes) is 2. The van der Waals surface area contributed by atoms with Crippen LogP contribution in [0.25, 0.3) is 11.1 Å². The molecule has 2 aromatic carbocycles. The van der Waals surface area contributed by atoms with Gasteiger partial charge >= 0.3 is 12.1 Å². The van der Waals surface area contributed by atoms with Crippen LogP contribution in [0.2, 0.25) is 0 Å². The summed E-state index contributed by atoms with van der Waals surface area (Å²) in [4.78, 5) is 36.3. The number of carbonyl (C=O) groups is 3. The molecule has 2 amide bonds. The molecule has 2 atom stereocenters. The fourth-order valence-corrected chi connectivity index (χ4v) is 5.43. The zero-order valence-electron chi connectivity index (χ0n) is 20.2. The molecule has 2 aliphatic rings. The van der Waals surface area contributed by atoms with Crippen LogP contribution in [0.4, 0.5) is 4.79 Å². The molecule has 3 N–H and O–H groups in total. The highest BCUT2D eigenvalue weighted by Crippen LogP contribution is 2.44. The normalized spacial score (nSPS) is 20.7. The summed E-state index contributed by atoms with van der Waals surface area (Å²) >= 11 is 0. The van der Waals surface area contributed by atoms with Crippen molar-refractivity contribution in [3.63, 3.8) is 0 Å². The summed E-state index contributed by atoms with van der Waals surface area (Å²) in [6.45, 7) is 2.64. The molecular formula is C28H34N2O5. The number of benzene rings is 2. The molecule has 35 heavy (non-hydrogen) atoms. The molecule has 186 valence electrons. The minimum atomic E-state index is -0.797. The van der Waals surface area contributed by atoms with Crippen molar-refractivity contribution in [1.29, 1.82) is 0 Å². The first-order chi connectivity index (χ1) is 16.9. The molecule has 0 heterocycles. The van der Waals surface area contributed by atoms with Gasteiger partial charge < -0.3 is 20.5 Å². The maximum Gasteiger partial charge on any atom is 0.407 e. The van der Waals surface area contributed by atoms with Crippen LogP contribution in [-0.4, -0.2) is 42.3 Å². The van der Waals surface area contributed by atoms with E-state index in [0.29, 0.717) is 19.4 Å². The Morgan fingerprint density at radius 3 is 2.31 bits per heavy atom. The lowest BCUT2D eigenvalue weighted by molar-refractivity contribution is -0.137. The van der Waals surface area contributed by atoms with E-state index in [0.717, 1.165) is 36.8 Å². The van der Waals surface area contributed by atoms with Crippen molar-refractivity contribution in [2.45, 2.75) is 63.8 Å². The quantitative estimate of drug-likeness (QED) is 0.424. The van der Waals surface area contributed by atoms with E-state index in [1.165, 1.54) is 11.1 Å². The van der Waals surface area contributed by atoms with Crippen molar-refractivity contribution < 1.29 is 24.2 Å². The van der Waals surface area contributed by atoms with Crippen molar-refractivity contribution in [1.82, 2.24) is 10.6 Å². The first-order valence-electron chi connectivity index (χ1n) is 12.5. The van der Waals surface area contributed by atoms with Gasteiger partial charge in [-0.2, -0.15) is 0 Å². The summed E-state index contributed by atoms with van der Waals surface area (Å²) in [5.74, 6) is -0.876. The van der Waals surface area contributed by atoms with Crippen LogP contribution in [0.3, 0.4) is 0 Å². The maximum absolute atomic E-state index is 12.9. The van der Waals surface area contributed by atoms with Crippen molar-refractivity contribution in [2.24, 2.45) is 5.41 Å². The van der Waals surface area contributed by atoms with Crippen LogP contribution in [-0.2, 0) is 14.3 Å². The number of carbonyl (C=O) groups excluding carboxylic acids is 2. The van der Waals surface area contributed by atoms with E-state index >= 15 is 0 Å². The second-order valence-corrected chi connectivity index (χ2v) is 9.79. The fraction of sp³-hybridized carbons (Fsp3) is 0.464. The van der Waals surface area contributed by atoms with Crippen LogP contribution < -0.4 is 10.6 Å². The number of fused-ring (bicyclic) bond motifs is 3. The minimum absolute atomic E-state index is 0.00691. The van der Waals surface area contributed by atoms with Crippen LogP contribution in [0.1, 0.15) is 68.9 Å². The first kappa shape index (κ1) is 24.8. The number of ether oxygens (including phenoxy) is 1. The summed E-state index contributed by atoms with van der Waals surface area (Å²) in [7, 11) is 0. The lowest BCUT2D eigenvalue weighted by Gasteiger charge is -2.30. The Bertz CT molecular complexity index is 1040. The van der Waals surface area contributed by atoms with E-state index in [-0.39, 0.29) is 30.9 Å². The number of nitrogens with one attached hydrogen (secondary N) is 2. The van der Waals surface area contributed by atoms with Crippen molar-refractivity contribution in [3.8, 4) is 11.1 Å². The Morgan fingerprint density at radius 1 is 1.00 bits per heavy atom. The Hall–Kier alpha value is -3.35. The maximum atomic E-state index is 12.9. The van der Waals surface area contributed by atoms with Gasteiger partial charge in [0.05, 0.1) is 5.41 Å². The molecule has 2 aliphatic carbocycles. The molecule has 7 nitrogen and oxygen atoms in total. The lowest BCUT2D eigenvalue weighted by Crippen LogP contribution is -2.51. The smallest absolute Gasteiger partial charge is 0.407 e. The van der Waals surface area contributed by atoms with Gasteiger partial charge in [0.1, 0.15) is 6.61 Å². The molecule has 0 aliphatic heterocycles. The largest absolute Gasteiger partial charge is 0.481 e. The summed E-state index contributed by atoms with van der Waals surface area (Å²) < 4.78 is 5.69. The molecule has 0 saturated heterocycles. The zero-order valence-corrected chi connectivity index (χ0v) is 20.2. The number of aliphatic carboxylic acids is 1. The van der Waals surface area contributed by atoms with Crippen molar-refractivity contribution in [3.05, 3.63) is 59.7 Å². The van der Waals surface area contributed by atoms with E-state index in [1.807, 2.05) is 31.2 Å². The highest BCUT2D eigenvalue weighted by atomic mass is 16.5. The topological polar surface area (TPSA) is 105 Å². The van der Waals surface area contributed by atoms with E-state index in [2.05, 4.69) is 34.9 Å². The van der Waals surface area contributed by atoms with E-state index in [4.69, 9.17) is 9.84 Å². The van der Waals surface area contributed by atoms with E-state index in [1.54, 1.807) is 0 Å². The second-order valence-electron chi connectivity index (χ2n) is 9.79. The molecule has 0 radical (unpaired) electrons. The van der Waals surface area contributed by atoms with Gasteiger partial charge in [0, 0.05) is 24.9 Å². The number of carboxylic acids is 1. The predicted molar refractivity (Wildman–Crippen MR) is 133 cm³/mol. The number of amides is 2. The van der Waals surface area contributed by atoms with Gasteiger partial charge in [-0.25, -0.2) is 4.79 Å². The number of rotatable bonds is 10. The van der Waals surface area contributed by atoms with Gasteiger partial charge in [0.15, 0.2) is 0 Å². The van der Waals surface area contributed by atoms with Crippen LogP contribution >= 0.6 is 0 Å². The van der Waals surface area contributed by atoms with Crippen LogP contribution in [0, 0.1) is 5.41 Å². The summed E-state index contributed by atoms with van der Waals surface area (Å²) in [5, 5.41) is 14.6. The standard InChI is InChI=1S/C28H34N2O5/c1-28(26(33)29-17-8-2-3-15-25(31)32)16-9-14-24(28)30-27(34)35-18-23-21-12-6-4-10-19(21)20-11-5-7-13-22(20)23/h4-7,10-13,23-24H,2-3,8-9,14-18H2,1H3,(H,29,33)(H,30,34)(H,31,32). The number of alkyl carbamates (subject to hydrolysis) is 1. The number of hydrogen-bond donors (Lipinski definition) is 3. The first-order valence-corrected chi connectivity index (χ1v) is 12.5. The summed E-state index contributed by atoms with van der Waals surface area (Å²) in [6.07, 6.45) is 4.04. The molecule has 2 unspecified atom stereocenters. The van der Waals surface area contributed by atoms with Gasteiger partial charge in [-0.1, -0.05) is 61.4 Å². The zero-order chi connectivity index (χ0) is 24.8. The monoisotopic (exact) mass is 478 g/mol. The Kier molecular flexibility index (Phi) is 7.73. The third-order valence-corrected chi connectivity index (χ3v) is 7.47. The molecule has 0 aromatic heterocycles. The van der Waals surface area contributed by atoms with Crippen LogP contribution in [0.5, 0.6) is 0 Å². The van der Waals surface area contributed by atoms with E-state index in [9.17, 15) is 14.4 Å². The Labute approximate surface area is 206 Å². The molecule has 1 fully saturated rings. The average Bonchev–Trinajstić information content (AvgIpc) is 3.38. The van der Waals surface area contributed by atoms with Gasteiger partial charge in [0.2, 0.25) is 5.91 Å². The SMILES string of the molecule is CC1(C(=O)NCCCCCC(=O)O)CCCC1NC(=O)OCC1c2ccccc2-c2ccccc21. The van der Waals surface area contributed by atoms with Gasteiger partial charge in [-0.05, 0) is 54.9 Å². The minimum Gasteiger partial charge on any atom is -0.481 e. The van der Waals surface area contributed by atoms with Crippen molar-refractivity contribution in [2.75, 3.05) is 13.2 Å². The third kappa shape index (κ3) is 5.50. The van der Waals surface area contributed by atoms with Gasteiger partial charge in [0.25, 0.3) is 0 Å². The Morgan fingerprint density at radius 2 is 1.66 bits per heavy atom. The molecule has 1 saturated carbocycles. The molecule has 0 spiro atoms. The van der Waals surface area contributed by atoms with E-state index < -0.39 is 17.5 Å². The molecule has 4 rings (SSSR count). The summed E-state index contributed by atoms with van der Waals surface area (Å²) in [6, 6.07) is 16.1. The highest BCUT2D eigenvalue weighted by molar-refractivity contribution is 5.84. The molecule has 2 aromatic rings. The Balaban J connectivity index is 1.29. The lowest BCUT2D eigenvalue weighted by atomic mass is 9.83. The average molecular weight is 479 g/mol. The molecule has 7 heteroatoms. The second kappa shape index (κ2) is 10.9. The predicted octanol–water partition coefficient (Wildman–Crippen LogP) is 4.85. The van der Waals surface area contributed by atoms with Gasteiger partial charge in [-0.3, -0.25) is 9.59 Å². The van der Waals surface area contributed by atoms with Crippen LogP contribution in [0.15, 0.2) is 48.5 Å². The third-order valence-electron chi connectivity index (χ3n) is 7.47. The molecular weight excluding hydrogens is 444 g/mol. The number of hydrogen-bond acceptors (Lipinski definition) is 4. The van der Waals surface area contributed by atoms with Crippen molar-refractivity contribution >= 4 is 18.0 Å². The van der Waals surface area contributed by atoms with Gasteiger partial charge in [-0.15, -0.1) is 0 Å². The number of carboxylic acid groups (broad SMARTS) is 1. The highest BCUT2D eigenvalue weighted by Gasteiger charge is 2.45. The fourth-order valence-electron chi connectivity index (χ4n) is 5.43.